The largest absolute Gasteiger partial charge is 0.767 e. The van der Waals surface area contributed by atoms with Gasteiger partial charge in [-0.1, -0.05) is 39.5 Å². The molecule has 0 spiro atoms. The monoisotopic (exact) mass is 218 g/mol. The molecule has 0 aromatic rings. The van der Waals surface area contributed by atoms with E-state index in [4.69, 9.17) is 8.85 Å². The van der Waals surface area contributed by atoms with Crippen molar-refractivity contribution >= 4 is 9.17 Å². The van der Waals surface area contributed by atoms with Gasteiger partial charge in [-0.15, -0.1) is 0 Å². The molecule has 0 saturated carbocycles. The lowest BCUT2D eigenvalue weighted by molar-refractivity contribution is 0.163. The third-order valence-corrected chi connectivity index (χ3v) is 2.82. The Balaban J connectivity index is 3.11. The van der Waals surface area contributed by atoms with Crippen molar-refractivity contribution in [3.05, 3.63) is 0 Å². The highest BCUT2D eigenvalue weighted by molar-refractivity contribution is 6.26. The van der Waals surface area contributed by atoms with Crippen LogP contribution in [0.15, 0.2) is 0 Å². The van der Waals surface area contributed by atoms with Crippen molar-refractivity contribution in [3.63, 3.8) is 0 Å². The summed E-state index contributed by atoms with van der Waals surface area (Å²) in [5, 5.41) is 0. The third kappa shape index (κ3) is 9.70. The van der Waals surface area contributed by atoms with E-state index in [-0.39, 0.29) is 0 Å². The van der Waals surface area contributed by atoms with Crippen LogP contribution >= 0.6 is 0 Å². The quantitative estimate of drug-likeness (QED) is 0.418. The molecule has 3 nitrogen and oxygen atoms in total. The number of rotatable bonds is 10. The lowest BCUT2D eigenvalue weighted by Crippen LogP contribution is -2.14. The smallest absolute Gasteiger partial charge is 0.496 e. The summed E-state index contributed by atoms with van der Waals surface area (Å²) in [6.07, 6.45) is 6.52. The van der Waals surface area contributed by atoms with E-state index in [1.54, 1.807) is 0 Å². The van der Waals surface area contributed by atoms with E-state index in [2.05, 4.69) is 13.8 Å². The highest BCUT2D eigenvalue weighted by atomic mass is 28.3. The van der Waals surface area contributed by atoms with Gasteiger partial charge < -0.3 is 8.85 Å². The summed E-state index contributed by atoms with van der Waals surface area (Å²) in [7, 11) is -2.20. The normalized spacial score (nSPS) is 9.86. The zero-order chi connectivity index (χ0) is 10.6. The van der Waals surface area contributed by atoms with Crippen LogP contribution in [0.4, 0.5) is 0 Å². The van der Waals surface area contributed by atoms with E-state index in [1.165, 1.54) is 0 Å². The minimum absolute atomic E-state index is 0.569. The molecule has 0 unspecified atom stereocenters. The molecule has 4 heteroatoms. The van der Waals surface area contributed by atoms with Crippen molar-refractivity contribution in [1.29, 1.82) is 0 Å². The van der Waals surface area contributed by atoms with Gasteiger partial charge in [-0.2, -0.15) is 0 Å². The van der Waals surface area contributed by atoms with E-state index in [0.717, 1.165) is 38.5 Å². The second-order valence-corrected chi connectivity index (χ2v) is 4.44. The molecule has 0 rings (SSSR count). The molecule has 0 heterocycles. The number of unbranched alkanes of at least 4 members (excludes halogenated alkanes) is 4. The Morgan fingerprint density at radius 3 is 1.64 bits per heavy atom. The second-order valence-electron chi connectivity index (χ2n) is 3.36. The summed E-state index contributed by atoms with van der Waals surface area (Å²) in [4.78, 5) is 0. The zero-order valence-electron chi connectivity index (χ0n) is 9.38. The van der Waals surface area contributed by atoms with Crippen LogP contribution in [0, 0.1) is 0 Å². The summed E-state index contributed by atoms with van der Waals surface area (Å²) >= 11 is 0. The lowest BCUT2D eigenvalue weighted by atomic mass is 10.3. The van der Waals surface area contributed by atoms with Crippen molar-refractivity contribution in [2.45, 2.75) is 52.4 Å². The molecular formula is C10H22O3Si. The SMILES string of the molecule is CCCCCO[Si](=O)OCCCCC. The Morgan fingerprint density at radius 2 is 1.29 bits per heavy atom. The Labute approximate surface area is 88.7 Å². The van der Waals surface area contributed by atoms with Crippen LogP contribution in [-0.2, 0) is 13.3 Å². The fourth-order valence-corrected chi connectivity index (χ4v) is 1.76. The molecule has 0 bridgehead atoms. The van der Waals surface area contributed by atoms with Crippen LogP contribution in [0.5, 0.6) is 0 Å². The molecule has 0 radical (unpaired) electrons. The standard InChI is InChI=1S/C10H22O3Si/c1-3-5-7-9-12-14(11)13-10-8-6-4-2/h3-10H2,1-2H3. The predicted molar refractivity (Wildman–Crippen MR) is 57.4 cm³/mol. The third-order valence-electron chi connectivity index (χ3n) is 1.94. The average Bonchev–Trinajstić information content (AvgIpc) is 2.19. The molecule has 0 aromatic heterocycles. The molecule has 0 saturated heterocycles. The Bertz CT molecular complexity index is 125. The van der Waals surface area contributed by atoms with Gasteiger partial charge in [0.2, 0.25) is 0 Å². The van der Waals surface area contributed by atoms with Gasteiger partial charge in [0.15, 0.2) is 0 Å². The summed E-state index contributed by atoms with van der Waals surface area (Å²) in [5.74, 6) is 0. The summed E-state index contributed by atoms with van der Waals surface area (Å²) in [6, 6.07) is 0. The van der Waals surface area contributed by atoms with Gasteiger partial charge in [0.05, 0.1) is 13.2 Å². The van der Waals surface area contributed by atoms with Crippen molar-refractivity contribution in [2.24, 2.45) is 0 Å². The maximum atomic E-state index is 11.1. The Hall–Kier alpha value is -0.383. The van der Waals surface area contributed by atoms with Crippen LogP contribution in [0.25, 0.3) is 0 Å². The van der Waals surface area contributed by atoms with E-state index in [0.29, 0.717) is 13.2 Å². The van der Waals surface area contributed by atoms with Gasteiger partial charge in [0, 0.05) is 0 Å². The van der Waals surface area contributed by atoms with Crippen molar-refractivity contribution in [3.8, 4) is 0 Å². The van der Waals surface area contributed by atoms with Gasteiger partial charge in [-0.25, -0.2) is 0 Å². The lowest BCUT2D eigenvalue weighted by Gasteiger charge is -2.04. The van der Waals surface area contributed by atoms with Gasteiger partial charge in [0.1, 0.15) is 0 Å². The maximum absolute atomic E-state index is 11.1. The molecule has 0 aromatic carbocycles. The van der Waals surface area contributed by atoms with Crippen LogP contribution in [0.2, 0.25) is 0 Å². The first-order valence-corrected chi connectivity index (χ1v) is 6.83. The van der Waals surface area contributed by atoms with E-state index in [1.807, 2.05) is 0 Å². The van der Waals surface area contributed by atoms with Gasteiger partial charge in [-0.3, -0.25) is 4.46 Å². The predicted octanol–water partition coefficient (Wildman–Crippen LogP) is 2.82. The van der Waals surface area contributed by atoms with Crippen LogP contribution < -0.4 is 0 Å². The second kappa shape index (κ2) is 10.7. The first-order valence-electron chi connectivity index (χ1n) is 5.60. The molecule has 0 atom stereocenters. The fraction of sp³-hybridized carbons (Fsp3) is 1.00. The van der Waals surface area contributed by atoms with Crippen LogP contribution in [0.1, 0.15) is 52.4 Å². The molecule has 0 amide bonds. The average molecular weight is 218 g/mol. The van der Waals surface area contributed by atoms with E-state index < -0.39 is 9.17 Å². The molecule has 0 aliphatic carbocycles. The van der Waals surface area contributed by atoms with Crippen molar-refractivity contribution in [1.82, 2.24) is 0 Å². The Kier molecular flexibility index (Phi) is 10.4. The van der Waals surface area contributed by atoms with E-state index >= 15 is 0 Å². The topological polar surface area (TPSA) is 35.5 Å². The highest BCUT2D eigenvalue weighted by Gasteiger charge is 2.09. The zero-order valence-corrected chi connectivity index (χ0v) is 10.4. The molecule has 0 aliphatic heterocycles. The molecular weight excluding hydrogens is 196 g/mol. The summed E-state index contributed by atoms with van der Waals surface area (Å²) < 4.78 is 21.2. The molecule has 0 N–H and O–H groups in total. The highest BCUT2D eigenvalue weighted by Crippen LogP contribution is 1.96. The minimum atomic E-state index is -2.20. The van der Waals surface area contributed by atoms with Crippen LogP contribution in [0.3, 0.4) is 0 Å². The number of hydrogen-bond acceptors (Lipinski definition) is 3. The fourth-order valence-electron chi connectivity index (χ4n) is 1.06. The summed E-state index contributed by atoms with van der Waals surface area (Å²) in [6.45, 7) is 5.40. The first-order chi connectivity index (χ1) is 6.81. The molecule has 14 heavy (non-hydrogen) atoms. The van der Waals surface area contributed by atoms with Crippen molar-refractivity contribution in [2.75, 3.05) is 13.2 Å². The first kappa shape index (κ1) is 13.6. The molecule has 0 fully saturated rings. The van der Waals surface area contributed by atoms with Crippen molar-refractivity contribution < 1.29 is 13.3 Å². The molecule has 0 aliphatic rings. The summed E-state index contributed by atoms with van der Waals surface area (Å²) in [5.41, 5.74) is 0. The molecule has 84 valence electrons. The minimum Gasteiger partial charge on any atom is -0.496 e. The Morgan fingerprint density at radius 1 is 0.857 bits per heavy atom. The van der Waals surface area contributed by atoms with Gasteiger partial charge in [0.25, 0.3) is 0 Å². The van der Waals surface area contributed by atoms with Crippen LogP contribution in [-0.4, -0.2) is 22.4 Å². The number of hydrogen-bond donors (Lipinski definition) is 0. The van der Waals surface area contributed by atoms with Gasteiger partial charge in [-0.05, 0) is 12.8 Å². The van der Waals surface area contributed by atoms with E-state index in [9.17, 15) is 4.46 Å². The maximum Gasteiger partial charge on any atom is 0.767 e. The van der Waals surface area contributed by atoms with Gasteiger partial charge >= 0.3 is 9.17 Å².